The lowest BCUT2D eigenvalue weighted by Gasteiger charge is -2.06. The van der Waals surface area contributed by atoms with Crippen LogP contribution in [0.5, 0.6) is 11.6 Å². The molecule has 0 aliphatic heterocycles. The molecule has 0 unspecified atom stereocenters. The maximum absolute atomic E-state index is 13.2. The molecule has 0 atom stereocenters. The number of carboxylic acids is 1. The Morgan fingerprint density at radius 1 is 1.26 bits per heavy atom. The zero-order valence-corrected chi connectivity index (χ0v) is 10.7. The fourth-order valence-electron chi connectivity index (χ4n) is 1.30. The molecule has 0 fully saturated rings. The fraction of sp³-hybridized carbons (Fsp3) is 0. The highest BCUT2D eigenvalue weighted by atomic mass is 35.5. The van der Waals surface area contributed by atoms with Crippen LogP contribution in [-0.2, 0) is 0 Å². The summed E-state index contributed by atoms with van der Waals surface area (Å²) >= 11 is 11.2. The van der Waals surface area contributed by atoms with Gasteiger partial charge in [0.05, 0.1) is 21.8 Å². The molecule has 0 aliphatic rings. The Bertz CT molecular complexity index is 649. The molecule has 7 heteroatoms. The van der Waals surface area contributed by atoms with Gasteiger partial charge in [-0.25, -0.2) is 14.2 Å². The quantitative estimate of drug-likeness (QED) is 0.930. The third kappa shape index (κ3) is 3.13. The zero-order valence-electron chi connectivity index (χ0n) is 9.23. The van der Waals surface area contributed by atoms with Gasteiger partial charge in [0.15, 0.2) is 0 Å². The van der Waals surface area contributed by atoms with Gasteiger partial charge in [-0.3, -0.25) is 0 Å². The van der Waals surface area contributed by atoms with Crippen molar-refractivity contribution in [3.63, 3.8) is 0 Å². The largest absolute Gasteiger partial charge is 0.478 e. The molecule has 0 bridgehead atoms. The van der Waals surface area contributed by atoms with Crippen LogP contribution in [0.2, 0.25) is 10.0 Å². The maximum Gasteiger partial charge on any atom is 0.337 e. The van der Waals surface area contributed by atoms with Crippen LogP contribution in [0.3, 0.4) is 0 Å². The van der Waals surface area contributed by atoms with Crippen LogP contribution >= 0.6 is 23.2 Å². The van der Waals surface area contributed by atoms with Gasteiger partial charge in [-0.05, 0) is 12.1 Å². The van der Waals surface area contributed by atoms with E-state index in [-0.39, 0.29) is 27.2 Å². The van der Waals surface area contributed by atoms with Crippen LogP contribution in [-0.4, -0.2) is 16.1 Å². The molecule has 1 heterocycles. The number of carbonyl (C=O) groups is 1. The highest BCUT2D eigenvalue weighted by molar-refractivity contribution is 6.33. The van der Waals surface area contributed by atoms with Crippen molar-refractivity contribution in [2.45, 2.75) is 0 Å². The number of pyridine rings is 1. The summed E-state index contributed by atoms with van der Waals surface area (Å²) in [7, 11) is 0. The molecule has 0 spiro atoms. The Kier molecular flexibility index (Phi) is 3.87. The van der Waals surface area contributed by atoms with E-state index in [1.54, 1.807) is 0 Å². The molecular formula is C12H6Cl2FNO3. The van der Waals surface area contributed by atoms with Crippen molar-refractivity contribution in [1.82, 2.24) is 4.98 Å². The molecule has 0 saturated heterocycles. The van der Waals surface area contributed by atoms with E-state index >= 15 is 0 Å². The van der Waals surface area contributed by atoms with Crippen molar-refractivity contribution in [2.75, 3.05) is 0 Å². The second kappa shape index (κ2) is 5.42. The number of nitrogens with zero attached hydrogens (tertiary/aromatic N) is 1. The Morgan fingerprint density at radius 2 is 2.00 bits per heavy atom. The minimum Gasteiger partial charge on any atom is -0.478 e. The lowest BCUT2D eigenvalue weighted by atomic mass is 10.2. The van der Waals surface area contributed by atoms with Crippen molar-refractivity contribution in [3.8, 4) is 11.6 Å². The standard InChI is InChI=1S/C12H6Cl2FNO3/c13-8-2-1-6(3-10(8)15)19-11-4-7(12(17)18)9(14)5-16-11/h1-5H,(H,17,18). The van der Waals surface area contributed by atoms with Crippen molar-refractivity contribution >= 4 is 29.2 Å². The molecule has 98 valence electrons. The molecule has 19 heavy (non-hydrogen) atoms. The van der Waals surface area contributed by atoms with Gasteiger partial charge in [0.1, 0.15) is 11.6 Å². The van der Waals surface area contributed by atoms with Crippen molar-refractivity contribution in [3.05, 3.63) is 51.9 Å². The summed E-state index contributed by atoms with van der Waals surface area (Å²) in [5.41, 5.74) is -0.152. The van der Waals surface area contributed by atoms with Gasteiger partial charge in [0.25, 0.3) is 0 Å². The summed E-state index contributed by atoms with van der Waals surface area (Å²) < 4.78 is 18.4. The summed E-state index contributed by atoms with van der Waals surface area (Å²) in [5.74, 6) is -1.72. The van der Waals surface area contributed by atoms with E-state index in [0.717, 1.165) is 18.3 Å². The molecule has 1 aromatic carbocycles. The minimum absolute atomic E-state index is 0.0106. The van der Waals surface area contributed by atoms with Crippen LogP contribution in [0, 0.1) is 5.82 Å². The lowest BCUT2D eigenvalue weighted by Crippen LogP contribution is -1.99. The average Bonchev–Trinajstić information content (AvgIpc) is 2.36. The summed E-state index contributed by atoms with van der Waals surface area (Å²) in [6, 6.07) is 4.97. The number of halogens is 3. The maximum atomic E-state index is 13.2. The molecule has 0 amide bonds. The Morgan fingerprint density at radius 3 is 2.63 bits per heavy atom. The topological polar surface area (TPSA) is 59.4 Å². The van der Waals surface area contributed by atoms with E-state index < -0.39 is 11.8 Å². The molecule has 4 nitrogen and oxygen atoms in total. The van der Waals surface area contributed by atoms with E-state index in [1.807, 2.05) is 0 Å². The van der Waals surface area contributed by atoms with Crippen molar-refractivity contribution < 1.29 is 19.0 Å². The van der Waals surface area contributed by atoms with E-state index in [0.29, 0.717) is 0 Å². The Hall–Kier alpha value is -1.85. The van der Waals surface area contributed by atoms with Gasteiger partial charge in [-0.2, -0.15) is 0 Å². The predicted octanol–water partition coefficient (Wildman–Crippen LogP) is 4.02. The number of hydrogen-bond acceptors (Lipinski definition) is 3. The molecular weight excluding hydrogens is 296 g/mol. The van der Waals surface area contributed by atoms with Crippen LogP contribution < -0.4 is 4.74 Å². The number of aromatic carboxylic acids is 1. The van der Waals surface area contributed by atoms with E-state index in [9.17, 15) is 9.18 Å². The van der Waals surface area contributed by atoms with E-state index in [2.05, 4.69) is 4.98 Å². The zero-order chi connectivity index (χ0) is 14.0. The molecule has 2 rings (SSSR count). The number of hydrogen-bond donors (Lipinski definition) is 1. The summed E-state index contributed by atoms with van der Waals surface area (Å²) in [6.07, 6.45) is 1.15. The fourth-order valence-corrected chi connectivity index (χ4v) is 1.60. The first-order valence-corrected chi connectivity index (χ1v) is 5.74. The van der Waals surface area contributed by atoms with Gasteiger partial charge in [0.2, 0.25) is 5.88 Å². The number of aromatic nitrogens is 1. The van der Waals surface area contributed by atoms with Crippen LogP contribution in [0.4, 0.5) is 4.39 Å². The minimum atomic E-state index is -1.21. The third-order valence-electron chi connectivity index (χ3n) is 2.17. The van der Waals surface area contributed by atoms with Gasteiger partial charge in [-0.15, -0.1) is 0 Å². The van der Waals surface area contributed by atoms with Gasteiger partial charge in [0, 0.05) is 12.1 Å². The summed E-state index contributed by atoms with van der Waals surface area (Å²) in [6.45, 7) is 0. The molecule has 0 aliphatic carbocycles. The number of ether oxygens (including phenoxy) is 1. The first-order valence-electron chi connectivity index (χ1n) is 4.99. The molecule has 2 aromatic rings. The Balaban J connectivity index is 2.30. The summed E-state index contributed by atoms with van der Waals surface area (Å²) in [5, 5.41) is 8.84. The third-order valence-corrected chi connectivity index (χ3v) is 2.78. The smallest absolute Gasteiger partial charge is 0.337 e. The average molecular weight is 302 g/mol. The normalized spacial score (nSPS) is 10.3. The Labute approximate surface area is 117 Å². The molecule has 1 aromatic heterocycles. The predicted molar refractivity (Wildman–Crippen MR) is 67.7 cm³/mol. The van der Waals surface area contributed by atoms with Crippen LogP contribution in [0.25, 0.3) is 0 Å². The van der Waals surface area contributed by atoms with Crippen molar-refractivity contribution in [2.24, 2.45) is 0 Å². The highest BCUT2D eigenvalue weighted by Crippen LogP contribution is 2.26. The molecule has 0 saturated carbocycles. The second-order valence-electron chi connectivity index (χ2n) is 3.49. The van der Waals surface area contributed by atoms with E-state index in [1.165, 1.54) is 12.1 Å². The number of benzene rings is 1. The van der Waals surface area contributed by atoms with Gasteiger partial charge in [-0.1, -0.05) is 23.2 Å². The molecule has 1 N–H and O–H groups in total. The lowest BCUT2D eigenvalue weighted by molar-refractivity contribution is 0.0696. The number of rotatable bonds is 3. The van der Waals surface area contributed by atoms with Gasteiger partial charge >= 0.3 is 5.97 Å². The second-order valence-corrected chi connectivity index (χ2v) is 4.30. The first kappa shape index (κ1) is 13.6. The SMILES string of the molecule is O=C(O)c1cc(Oc2ccc(Cl)c(F)c2)ncc1Cl. The van der Waals surface area contributed by atoms with Crippen molar-refractivity contribution in [1.29, 1.82) is 0 Å². The monoisotopic (exact) mass is 301 g/mol. The first-order chi connectivity index (χ1) is 8.97. The highest BCUT2D eigenvalue weighted by Gasteiger charge is 2.12. The van der Waals surface area contributed by atoms with Gasteiger partial charge < -0.3 is 9.84 Å². The molecule has 0 radical (unpaired) electrons. The van der Waals surface area contributed by atoms with Crippen LogP contribution in [0.1, 0.15) is 10.4 Å². The summed E-state index contributed by atoms with van der Waals surface area (Å²) in [4.78, 5) is 14.7. The number of carboxylic acid groups (broad SMARTS) is 1. The van der Waals surface area contributed by atoms with Crippen LogP contribution in [0.15, 0.2) is 30.5 Å². The van der Waals surface area contributed by atoms with E-state index in [4.69, 9.17) is 33.0 Å².